The van der Waals surface area contributed by atoms with Gasteiger partial charge < -0.3 is 15.4 Å². The molecule has 8 heteroatoms. The number of anilines is 2. The fraction of sp³-hybridized carbons (Fsp3) is 0.176. The third-order valence-electron chi connectivity index (χ3n) is 3.55. The molecule has 1 aliphatic rings. The number of para-hydroxylation sites is 2. The molecule has 0 spiro atoms. The quantitative estimate of drug-likeness (QED) is 0.891. The number of amides is 2. The van der Waals surface area contributed by atoms with E-state index < -0.39 is 29.7 Å². The van der Waals surface area contributed by atoms with Gasteiger partial charge in [-0.25, -0.2) is 0 Å². The highest BCUT2D eigenvalue weighted by Crippen LogP contribution is 2.31. The minimum Gasteiger partial charge on any atom is -0.478 e. The predicted octanol–water partition coefficient (Wildman–Crippen LogP) is 3.43. The molecule has 2 aromatic carbocycles. The van der Waals surface area contributed by atoms with E-state index in [1.54, 1.807) is 24.3 Å². The van der Waals surface area contributed by atoms with Crippen molar-refractivity contribution in [1.29, 1.82) is 0 Å². The third-order valence-corrected chi connectivity index (χ3v) is 3.55. The second-order valence-corrected chi connectivity index (χ2v) is 5.42. The molecular weight excluding hydrogens is 337 g/mol. The molecule has 0 aromatic heterocycles. The number of hydrogen-bond donors (Lipinski definition) is 2. The van der Waals surface area contributed by atoms with Gasteiger partial charge in [0, 0.05) is 5.69 Å². The minimum absolute atomic E-state index is 0.00329. The Morgan fingerprint density at radius 1 is 1.16 bits per heavy atom. The van der Waals surface area contributed by atoms with Crippen molar-refractivity contribution in [2.45, 2.75) is 18.7 Å². The maximum Gasteiger partial charge on any atom is 0.416 e. The zero-order chi connectivity index (χ0) is 18.0. The normalized spacial score (nSPS) is 16.4. The predicted molar refractivity (Wildman–Crippen MR) is 84.2 cm³/mol. The maximum absolute atomic E-state index is 12.7. The van der Waals surface area contributed by atoms with Crippen LogP contribution in [-0.2, 0) is 15.8 Å². The van der Waals surface area contributed by atoms with E-state index in [0.717, 1.165) is 12.1 Å². The van der Waals surface area contributed by atoms with E-state index in [0.29, 0.717) is 11.4 Å². The van der Waals surface area contributed by atoms with Gasteiger partial charge in [0.25, 0.3) is 5.91 Å². The summed E-state index contributed by atoms with van der Waals surface area (Å²) in [4.78, 5) is 24.0. The van der Waals surface area contributed by atoms with Crippen molar-refractivity contribution >= 4 is 23.2 Å². The lowest BCUT2D eigenvalue weighted by atomic mass is 10.1. The SMILES string of the molecule is O=C(C[C@@H]1Oc2ccccc2NC1=O)Nc1cccc(C(F)(F)F)c1. The van der Waals surface area contributed by atoms with Gasteiger partial charge in [-0.15, -0.1) is 0 Å². The van der Waals surface area contributed by atoms with Crippen LogP contribution in [-0.4, -0.2) is 17.9 Å². The number of benzene rings is 2. The maximum atomic E-state index is 12.7. The van der Waals surface area contributed by atoms with Crippen LogP contribution in [0.5, 0.6) is 5.75 Å². The first-order valence-corrected chi connectivity index (χ1v) is 7.36. The zero-order valence-electron chi connectivity index (χ0n) is 12.8. The molecule has 2 N–H and O–H groups in total. The summed E-state index contributed by atoms with van der Waals surface area (Å²) >= 11 is 0. The van der Waals surface area contributed by atoms with Crippen LogP contribution in [0.1, 0.15) is 12.0 Å². The zero-order valence-corrected chi connectivity index (χ0v) is 12.8. The van der Waals surface area contributed by atoms with Gasteiger partial charge in [0.2, 0.25) is 5.91 Å². The van der Waals surface area contributed by atoms with E-state index in [2.05, 4.69) is 10.6 Å². The van der Waals surface area contributed by atoms with E-state index in [1.807, 2.05) is 0 Å². The standard InChI is InChI=1S/C17H13F3N2O3/c18-17(19,20)10-4-3-5-11(8-10)21-15(23)9-14-16(24)22-12-6-1-2-7-13(12)25-14/h1-8,14H,9H2,(H,21,23)(H,22,24)/t14-/m0/s1. The number of nitrogens with one attached hydrogen (secondary N) is 2. The van der Waals surface area contributed by atoms with Gasteiger partial charge in [-0.1, -0.05) is 18.2 Å². The summed E-state index contributed by atoms with van der Waals surface area (Å²) in [5, 5.41) is 4.96. The monoisotopic (exact) mass is 350 g/mol. The lowest BCUT2D eigenvalue weighted by Gasteiger charge is -2.25. The minimum atomic E-state index is -4.50. The second-order valence-electron chi connectivity index (χ2n) is 5.42. The number of alkyl halides is 3. The average Bonchev–Trinajstić information content (AvgIpc) is 2.55. The fourth-order valence-electron chi connectivity index (χ4n) is 2.38. The molecule has 1 heterocycles. The molecule has 1 atom stereocenters. The molecule has 0 bridgehead atoms. The van der Waals surface area contributed by atoms with Gasteiger partial charge >= 0.3 is 6.18 Å². The van der Waals surface area contributed by atoms with Crippen LogP contribution in [0.15, 0.2) is 48.5 Å². The largest absolute Gasteiger partial charge is 0.478 e. The topological polar surface area (TPSA) is 67.4 Å². The Bertz CT molecular complexity index is 821. The molecule has 2 aromatic rings. The Morgan fingerprint density at radius 3 is 2.68 bits per heavy atom. The Morgan fingerprint density at radius 2 is 1.92 bits per heavy atom. The molecule has 0 saturated carbocycles. The van der Waals surface area contributed by atoms with Crippen LogP contribution in [0.4, 0.5) is 24.5 Å². The van der Waals surface area contributed by atoms with Crippen molar-refractivity contribution in [3.05, 3.63) is 54.1 Å². The van der Waals surface area contributed by atoms with Gasteiger partial charge in [-0.3, -0.25) is 9.59 Å². The van der Waals surface area contributed by atoms with E-state index in [9.17, 15) is 22.8 Å². The van der Waals surface area contributed by atoms with Crippen molar-refractivity contribution < 1.29 is 27.5 Å². The first-order valence-electron chi connectivity index (χ1n) is 7.36. The molecule has 0 saturated heterocycles. The van der Waals surface area contributed by atoms with Gasteiger partial charge in [0.15, 0.2) is 6.10 Å². The first kappa shape index (κ1) is 16.8. The molecule has 3 rings (SSSR count). The highest BCUT2D eigenvalue weighted by molar-refractivity contribution is 6.01. The third kappa shape index (κ3) is 3.90. The van der Waals surface area contributed by atoms with Crippen molar-refractivity contribution in [2.75, 3.05) is 10.6 Å². The Labute approximate surface area is 140 Å². The summed E-state index contributed by atoms with van der Waals surface area (Å²) in [6.07, 6.45) is -5.88. The van der Waals surface area contributed by atoms with E-state index in [-0.39, 0.29) is 12.1 Å². The number of rotatable bonds is 3. The summed E-state index contributed by atoms with van der Waals surface area (Å²) in [6, 6.07) is 11.0. The summed E-state index contributed by atoms with van der Waals surface area (Å²) in [5.74, 6) is -0.685. The van der Waals surface area contributed by atoms with Crippen LogP contribution in [0.3, 0.4) is 0 Å². The molecule has 0 aliphatic carbocycles. The van der Waals surface area contributed by atoms with Crippen molar-refractivity contribution in [3.8, 4) is 5.75 Å². The van der Waals surface area contributed by atoms with Gasteiger partial charge in [-0.2, -0.15) is 13.2 Å². The van der Waals surface area contributed by atoms with Crippen molar-refractivity contribution in [3.63, 3.8) is 0 Å². The Kier molecular flexibility index (Phi) is 4.35. The molecule has 25 heavy (non-hydrogen) atoms. The van der Waals surface area contributed by atoms with Crippen molar-refractivity contribution in [2.24, 2.45) is 0 Å². The summed E-state index contributed by atoms with van der Waals surface area (Å²) < 4.78 is 43.5. The van der Waals surface area contributed by atoms with Crippen LogP contribution < -0.4 is 15.4 Å². The smallest absolute Gasteiger partial charge is 0.416 e. The number of ether oxygens (including phenoxy) is 1. The molecule has 0 fully saturated rings. The lowest BCUT2D eigenvalue weighted by Crippen LogP contribution is -2.39. The molecule has 0 unspecified atom stereocenters. The Balaban J connectivity index is 1.66. The van der Waals surface area contributed by atoms with Crippen LogP contribution in [0.25, 0.3) is 0 Å². The van der Waals surface area contributed by atoms with Crippen LogP contribution in [0, 0.1) is 0 Å². The second kappa shape index (κ2) is 6.46. The number of fused-ring (bicyclic) bond motifs is 1. The molecule has 0 radical (unpaired) electrons. The number of halogens is 3. The summed E-state index contributed by atoms with van der Waals surface area (Å²) in [7, 11) is 0. The van der Waals surface area contributed by atoms with E-state index >= 15 is 0 Å². The summed E-state index contributed by atoms with van der Waals surface area (Å²) in [6.45, 7) is 0. The van der Waals surface area contributed by atoms with Gasteiger partial charge in [0.1, 0.15) is 5.75 Å². The molecule has 5 nitrogen and oxygen atoms in total. The van der Waals surface area contributed by atoms with Gasteiger partial charge in [-0.05, 0) is 30.3 Å². The lowest BCUT2D eigenvalue weighted by molar-refractivity contribution is -0.137. The van der Waals surface area contributed by atoms with E-state index in [1.165, 1.54) is 12.1 Å². The molecule has 2 amide bonds. The van der Waals surface area contributed by atoms with Crippen molar-refractivity contribution in [1.82, 2.24) is 0 Å². The van der Waals surface area contributed by atoms with Crippen LogP contribution in [0.2, 0.25) is 0 Å². The number of carbonyl (C=O) groups excluding carboxylic acids is 2. The Hall–Kier alpha value is -3.03. The highest BCUT2D eigenvalue weighted by atomic mass is 19.4. The highest BCUT2D eigenvalue weighted by Gasteiger charge is 2.31. The van der Waals surface area contributed by atoms with E-state index in [4.69, 9.17) is 4.74 Å². The molecule has 130 valence electrons. The number of carbonyl (C=O) groups is 2. The average molecular weight is 350 g/mol. The first-order chi connectivity index (χ1) is 11.8. The van der Waals surface area contributed by atoms with Gasteiger partial charge in [0.05, 0.1) is 17.7 Å². The number of hydrogen-bond acceptors (Lipinski definition) is 3. The fourth-order valence-corrected chi connectivity index (χ4v) is 2.38. The summed E-state index contributed by atoms with van der Waals surface area (Å²) in [5.41, 5.74) is -0.371. The molecule has 1 aliphatic heterocycles. The molecular formula is C17H13F3N2O3. The van der Waals surface area contributed by atoms with Crippen LogP contribution >= 0.6 is 0 Å².